The third-order valence-electron chi connectivity index (χ3n) is 4.26. The van der Waals surface area contributed by atoms with Crippen molar-refractivity contribution in [2.24, 2.45) is 0 Å². The van der Waals surface area contributed by atoms with Crippen molar-refractivity contribution in [2.75, 3.05) is 23.7 Å². The number of anilines is 2. The molecule has 3 rings (SSSR count). The largest absolute Gasteiger partial charge is 0.326 e. The predicted molar refractivity (Wildman–Crippen MR) is 98.9 cm³/mol. The highest BCUT2D eigenvalue weighted by atomic mass is 35.5. The van der Waals surface area contributed by atoms with Gasteiger partial charge in [-0.1, -0.05) is 0 Å². The summed E-state index contributed by atoms with van der Waals surface area (Å²) in [5.74, 6) is -0.195. The molecule has 0 radical (unpaired) electrons. The van der Waals surface area contributed by atoms with E-state index in [-0.39, 0.29) is 24.2 Å². The fourth-order valence-corrected chi connectivity index (χ4v) is 3.01. The highest BCUT2D eigenvalue weighted by Gasteiger charge is 2.41. The molecule has 1 fully saturated rings. The molecule has 2 amide bonds. The van der Waals surface area contributed by atoms with Crippen LogP contribution in [0.15, 0.2) is 42.7 Å². The SMILES string of the molecule is CC(=O)Nc1ccc(NC(=O)C2(n3cccn3)CCNCC2)cc1.Cl. The van der Waals surface area contributed by atoms with Crippen molar-refractivity contribution in [1.82, 2.24) is 15.1 Å². The van der Waals surface area contributed by atoms with Crippen LogP contribution in [0.4, 0.5) is 11.4 Å². The maximum Gasteiger partial charge on any atom is 0.252 e. The Labute approximate surface area is 152 Å². The van der Waals surface area contributed by atoms with Gasteiger partial charge in [-0.05, 0) is 56.3 Å². The summed E-state index contributed by atoms with van der Waals surface area (Å²) in [5, 5.41) is 13.3. The first-order chi connectivity index (χ1) is 11.6. The number of piperidine rings is 1. The first kappa shape index (κ1) is 19.0. The first-order valence-corrected chi connectivity index (χ1v) is 8.00. The minimum Gasteiger partial charge on any atom is -0.326 e. The fraction of sp³-hybridized carbons (Fsp3) is 0.353. The number of aromatic nitrogens is 2. The third-order valence-corrected chi connectivity index (χ3v) is 4.26. The second kappa shape index (κ2) is 8.13. The van der Waals surface area contributed by atoms with Crippen LogP contribution in [0, 0.1) is 0 Å². The summed E-state index contributed by atoms with van der Waals surface area (Å²) in [4.78, 5) is 24.0. The quantitative estimate of drug-likeness (QED) is 0.775. The van der Waals surface area contributed by atoms with Crippen LogP contribution in [0.3, 0.4) is 0 Å². The van der Waals surface area contributed by atoms with Gasteiger partial charge in [-0.15, -0.1) is 12.4 Å². The van der Waals surface area contributed by atoms with Gasteiger partial charge in [0, 0.05) is 30.7 Å². The van der Waals surface area contributed by atoms with E-state index < -0.39 is 5.54 Å². The minimum absolute atomic E-state index is 0. The average molecular weight is 364 g/mol. The Kier molecular flexibility index (Phi) is 6.17. The van der Waals surface area contributed by atoms with Crippen molar-refractivity contribution >= 4 is 35.6 Å². The summed E-state index contributed by atoms with van der Waals surface area (Å²) in [7, 11) is 0. The maximum atomic E-state index is 13.0. The van der Waals surface area contributed by atoms with E-state index in [9.17, 15) is 9.59 Å². The molecule has 1 aliphatic rings. The molecule has 3 N–H and O–H groups in total. The van der Waals surface area contributed by atoms with Crippen molar-refractivity contribution in [3.8, 4) is 0 Å². The van der Waals surface area contributed by atoms with E-state index in [4.69, 9.17) is 0 Å². The van der Waals surface area contributed by atoms with Crippen molar-refractivity contribution in [2.45, 2.75) is 25.3 Å². The van der Waals surface area contributed by atoms with E-state index in [1.807, 2.05) is 12.3 Å². The molecule has 25 heavy (non-hydrogen) atoms. The molecule has 0 bridgehead atoms. The predicted octanol–water partition coefficient (Wildman–Crippen LogP) is 1.98. The van der Waals surface area contributed by atoms with Gasteiger partial charge in [0.15, 0.2) is 0 Å². The molecule has 1 aromatic heterocycles. The Morgan fingerprint density at radius 2 is 1.72 bits per heavy atom. The molecule has 0 atom stereocenters. The zero-order chi connectivity index (χ0) is 17.0. The summed E-state index contributed by atoms with van der Waals surface area (Å²) in [6.07, 6.45) is 4.90. The van der Waals surface area contributed by atoms with E-state index in [0.717, 1.165) is 13.1 Å². The van der Waals surface area contributed by atoms with Crippen LogP contribution < -0.4 is 16.0 Å². The standard InChI is InChI=1S/C17H21N5O2.ClH/c1-13(23)20-14-3-5-15(6-4-14)21-16(24)17(7-10-18-11-8-17)22-12-2-9-19-22;/h2-6,9,12,18H,7-8,10-11H2,1H3,(H,20,23)(H,21,24);1H. The lowest BCUT2D eigenvalue weighted by molar-refractivity contribution is -0.126. The Bertz CT molecular complexity index is 709. The van der Waals surface area contributed by atoms with Gasteiger partial charge < -0.3 is 16.0 Å². The third kappa shape index (κ3) is 4.18. The van der Waals surface area contributed by atoms with E-state index in [1.54, 1.807) is 35.1 Å². The lowest BCUT2D eigenvalue weighted by Crippen LogP contribution is -2.52. The number of benzene rings is 1. The molecule has 0 spiro atoms. The second-order valence-electron chi connectivity index (χ2n) is 5.94. The van der Waals surface area contributed by atoms with Crippen molar-refractivity contribution in [3.63, 3.8) is 0 Å². The Hall–Kier alpha value is -2.38. The van der Waals surface area contributed by atoms with Crippen LogP contribution in [-0.4, -0.2) is 34.7 Å². The monoisotopic (exact) mass is 363 g/mol. The van der Waals surface area contributed by atoms with Gasteiger partial charge >= 0.3 is 0 Å². The van der Waals surface area contributed by atoms with Crippen LogP contribution in [0.5, 0.6) is 0 Å². The van der Waals surface area contributed by atoms with Crippen molar-refractivity contribution < 1.29 is 9.59 Å². The molecule has 7 nitrogen and oxygen atoms in total. The molecule has 1 aliphatic heterocycles. The number of rotatable bonds is 4. The summed E-state index contributed by atoms with van der Waals surface area (Å²) in [6.45, 7) is 3.00. The van der Waals surface area contributed by atoms with Gasteiger partial charge in [0.1, 0.15) is 5.54 Å². The lowest BCUT2D eigenvalue weighted by atomic mass is 9.87. The number of hydrogen-bond donors (Lipinski definition) is 3. The van der Waals surface area contributed by atoms with Crippen molar-refractivity contribution in [3.05, 3.63) is 42.7 Å². The molecule has 0 saturated carbocycles. The lowest BCUT2D eigenvalue weighted by Gasteiger charge is -2.36. The zero-order valence-corrected chi connectivity index (χ0v) is 14.8. The number of carbonyl (C=O) groups excluding carboxylic acids is 2. The molecule has 0 aliphatic carbocycles. The average Bonchev–Trinajstić information content (AvgIpc) is 3.12. The van der Waals surface area contributed by atoms with Gasteiger partial charge in [0.05, 0.1) is 0 Å². The number of amides is 2. The summed E-state index contributed by atoms with van der Waals surface area (Å²) in [5.41, 5.74) is 0.716. The number of hydrogen-bond acceptors (Lipinski definition) is 4. The number of carbonyl (C=O) groups is 2. The second-order valence-corrected chi connectivity index (χ2v) is 5.94. The maximum absolute atomic E-state index is 13.0. The van der Waals surface area contributed by atoms with E-state index in [2.05, 4.69) is 21.0 Å². The van der Waals surface area contributed by atoms with Crippen LogP contribution in [0.2, 0.25) is 0 Å². The summed E-state index contributed by atoms with van der Waals surface area (Å²) < 4.78 is 1.76. The van der Waals surface area contributed by atoms with Crippen LogP contribution >= 0.6 is 12.4 Å². The van der Waals surface area contributed by atoms with Crippen LogP contribution in [-0.2, 0) is 15.1 Å². The highest BCUT2D eigenvalue weighted by molar-refractivity contribution is 5.97. The van der Waals surface area contributed by atoms with E-state index in [1.165, 1.54) is 6.92 Å². The Morgan fingerprint density at radius 1 is 1.12 bits per heavy atom. The van der Waals surface area contributed by atoms with Gasteiger partial charge in [0.2, 0.25) is 5.91 Å². The molecule has 2 aromatic rings. The van der Waals surface area contributed by atoms with Crippen LogP contribution in [0.1, 0.15) is 19.8 Å². The number of halogens is 1. The fourth-order valence-electron chi connectivity index (χ4n) is 3.01. The molecule has 1 aromatic carbocycles. The smallest absolute Gasteiger partial charge is 0.252 e. The van der Waals surface area contributed by atoms with Crippen LogP contribution in [0.25, 0.3) is 0 Å². The van der Waals surface area contributed by atoms with Gasteiger partial charge in [0.25, 0.3) is 5.91 Å². The topological polar surface area (TPSA) is 88.1 Å². The molecule has 2 heterocycles. The zero-order valence-electron chi connectivity index (χ0n) is 14.0. The van der Waals surface area contributed by atoms with Gasteiger partial charge in [-0.3, -0.25) is 14.3 Å². The summed E-state index contributed by atoms with van der Waals surface area (Å²) in [6, 6.07) is 8.92. The highest BCUT2D eigenvalue weighted by Crippen LogP contribution is 2.29. The molecule has 0 unspecified atom stereocenters. The summed E-state index contributed by atoms with van der Waals surface area (Å²) >= 11 is 0. The Balaban J connectivity index is 0.00000225. The van der Waals surface area contributed by atoms with E-state index >= 15 is 0 Å². The Morgan fingerprint density at radius 3 is 2.24 bits per heavy atom. The molecular weight excluding hydrogens is 342 g/mol. The first-order valence-electron chi connectivity index (χ1n) is 8.00. The normalized spacial score (nSPS) is 15.7. The molecule has 8 heteroatoms. The van der Waals surface area contributed by atoms with Gasteiger partial charge in [-0.2, -0.15) is 5.10 Å². The van der Waals surface area contributed by atoms with Gasteiger partial charge in [-0.25, -0.2) is 0 Å². The van der Waals surface area contributed by atoms with Crippen molar-refractivity contribution in [1.29, 1.82) is 0 Å². The molecule has 134 valence electrons. The number of nitrogens with zero attached hydrogens (tertiary/aromatic N) is 2. The van der Waals surface area contributed by atoms with E-state index in [0.29, 0.717) is 24.2 Å². The molecular formula is C17H22ClN5O2. The minimum atomic E-state index is -0.676. The molecule has 1 saturated heterocycles. The number of nitrogens with one attached hydrogen (secondary N) is 3.